The van der Waals surface area contributed by atoms with Gasteiger partial charge in [0, 0.05) is 5.02 Å². The number of methoxy groups -OCH3 is 2. The molecule has 4 unspecified atom stereocenters. The molecule has 8 rings (SSSR count). The molecule has 7 heteroatoms. The fraction of sp³-hybridized carbons (Fsp3) is 0.167. The van der Waals surface area contributed by atoms with Crippen LogP contribution in [0.15, 0.2) is 127 Å². The zero-order valence-electron chi connectivity index (χ0n) is 27.1. The van der Waals surface area contributed by atoms with Crippen LogP contribution in [0.1, 0.15) is 27.8 Å². The number of ketones is 1. The quantitative estimate of drug-likeness (QED) is 0.166. The molecule has 1 saturated heterocycles. The maximum atomic E-state index is 16.1. The van der Waals surface area contributed by atoms with Gasteiger partial charge < -0.3 is 9.47 Å². The lowest BCUT2D eigenvalue weighted by molar-refractivity contribution is -0.130. The van der Waals surface area contributed by atoms with Crippen molar-refractivity contribution in [2.24, 2.45) is 11.8 Å². The largest absolute Gasteiger partial charge is 0.497 e. The minimum Gasteiger partial charge on any atom is -0.497 e. The Morgan fingerprint density at radius 2 is 1.02 bits per heavy atom. The van der Waals surface area contributed by atoms with Crippen molar-refractivity contribution >= 4 is 46.0 Å². The Morgan fingerprint density at radius 1 is 0.592 bits per heavy atom. The fourth-order valence-corrected chi connectivity index (χ4v) is 8.87. The number of Topliss-reactive ketones (excluding diaryl/α,β-unsaturated/α-hetero) is 1. The topological polar surface area (TPSA) is 72.9 Å². The molecule has 3 aliphatic rings. The van der Waals surface area contributed by atoms with Crippen LogP contribution >= 0.6 is 11.6 Å². The van der Waals surface area contributed by atoms with Crippen LogP contribution in [-0.4, -0.2) is 31.8 Å². The number of ether oxygens (including phenoxy) is 2. The molecule has 1 aliphatic heterocycles. The SMILES string of the molecule is COc1ccc(C2=C(c3ccc(OC)cc3)C3(c4ccccc4)C(=O)C2(c2ccccc2)C2C(=O)N(c4cc(Cl)ccc4C)C(=O)C23)cc1. The maximum absolute atomic E-state index is 16.1. The third kappa shape index (κ3) is 4.04. The summed E-state index contributed by atoms with van der Waals surface area (Å²) in [6.07, 6.45) is 0. The number of halogens is 1. The van der Waals surface area contributed by atoms with Crippen molar-refractivity contribution in [2.45, 2.75) is 17.8 Å². The number of amides is 2. The fourth-order valence-electron chi connectivity index (χ4n) is 8.70. The molecule has 2 aliphatic carbocycles. The number of carbonyl (C=O) groups is 3. The number of rotatable bonds is 7. The summed E-state index contributed by atoms with van der Waals surface area (Å²) in [5, 5.41) is 0.406. The molecule has 49 heavy (non-hydrogen) atoms. The molecule has 1 saturated carbocycles. The lowest BCUT2D eigenvalue weighted by Gasteiger charge is -2.39. The van der Waals surface area contributed by atoms with Crippen molar-refractivity contribution in [3.8, 4) is 11.5 Å². The molecule has 242 valence electrons. The van der Waals surface area contributed by atoms with Gasteiger partial charge in [-0.1, -0.05) is 103 Å². The first-order valence-corrected chi connectivity index (χ1v) is 16.5. The average Bonchev–Trinajstić information content (AvgIpc) is 3.65. The van der Waals surface area contributed by atoms with Gasteiger partial charge in [-0.15, -0.1) is 0 Å². The summed E-state index contributed by atoms with van der Waals surface area (Å²) in [6.45, 7) is 1.85. The number of anilines is 1. The normalized spacial score (nSPS) is 24.1. The van der Waals surface area contributed by atoms with Crippen molar-refractivity contribution in [1.82, 2.24) is 0 Å². The van der Waals surface area contributed by atoms with Gasteiger partial charge in [-0.25, -0.2) is 4.90 Å². The van der Waals surface area contributed by atoms with E-state index in [2.05, 4.69) is 0 Å². The van der Waals surface area contributed by atoms with Crippen molar-refractivity contribution in [3.05, 3.63) is 160 Å². The van der Waals surface area contributed by atoms with E-state index in [9.17, 15) is 0 Å². The number of fused-ring (bicyclic) bond motifs is 5. The zero-order valence-corrected chi connectivity index (χ0v) is 27.9. The first kappa shape index (κ1) is 30.8. The summed E-state index contributed by atoms with van der Waals surface area (Å²) in [5.74, 6) is -1.79. The van der Waals surface area contributed by atoms with Crippen LogP contribution < -0.4 is 14.4 Å². The van der Waals surface area contributed by atoms with Crippen molar-refractivity contribution in [1.29, 1.82) is 0 Å². The van der Waals surface area contributed by atoms with E-state index in [-0.39, 0.29) is 5.78 Å². The minimum absolute atomic E-state index is 0.187. The monoisotopic (exact) mass is 665 g/mol. The van der Waals surface area contributed by atoms with Crippen LogP contribution in [0.25, 0.3) is 11.1 Å². The summed E-state index contributed by atoms with van der Waals surface area (Å²) in [7, 11) is 3.21. The molecular weight excluding hydrogens is 634 g/mol. The molecule has 0 aromatic heterocycles. The smallest absolute Gasteiger partial charge is 0.239 e. The predicted molar refractivity (Wildman–Crippen MR) is 190 cm³/mol. The Bertz CT molecular complexity index is 2050. The summed E-state index contributed by atoms with van der Waals surface area (Å²) in [5.41, 5.74) is 2.37. The Kier molecular flexibility index (Phi) is 7.12. The van der Waals surface area contributed by atoms with Gasteiger partial charge in [-0.2, -0.15) is 0 Å². The second kappa shape index (κ2) is 11.3. The average molecular weight is 666 g/mol. The van der Waals surface area contributed by atoms with Gasteiger partial charge in [0.05, 0.1) is 42.6 Å². The van der Waals surface area contributed by atoms with Gasteiger partial charge >= 0.3 is 0 Å². The molecule has 2 fully saturated rings. The molecule has 5 aromatic carbocycles. The zero-order chi connectivity index (χ0) is 34.1. The van der Waals surface area contributed by atoms with Crippen LogP contribution in [0, 0.1) is 18.8 Å². The van der Waals surface area contributed by atoms with Crippen LogP contribution in [-0.2, 0) is 25.2 Å². The molecular formula is C42H32ClNO5. The van der Waals surface area contributed by atoms with E-state index in [1.807, 2.05) is 116 Å². The summed E-state index contributed by atoms with van der Waals surface area (Å²) >= 11 is 6.47. The lowest BCUT2D eigenvalue weighted by Crippen LogP contribution is -2.45. The lowest BCUT2D eigenvalue weighted by atomic mass is 9.59. The number of allylic oxidation sites excluding steroid dienone is 2. The van der Waals surface area contributed by atoms with Crippen LogP contribution in [0.5, 0.6) is 11.5 Å². The van der Waals surface area contributed by atoms with Gasteiger partial charge in [-0.3, -0.25) is 14.4 Å². The van der Waals surface area contributed by atoms with Crippen molar-refractivity contribution in [2.75, 3.05) is 19.1 Å². The first-order valence-electron chi connectivity index (χ1n) is 16.1. The highest BCUT2D eigenvalue weighted by molar-refractivity contribution is 6.39. The number of carbonyl (C=O) groups excluding carboxylic acids is 3. The summed E-state index contributed by atoms with van der Waals surface area (Å²) < 4.78 is 11.0. The Labute approximate surface area is 289 Å². The first-order chi connectivity index (χ1) is 23.8. The van der Waals surface area contributed by atoms with Crippen molar-refractivity contribution < 1.29 is 23.9 Å². The number of hydrogen-bond acceptors (Lipinski definition) is 5. The third-order valence-corrected chi connectivity index (χ3v) is 10.9. The van der Waals surface area contributed by atoms with E-state index >= 15 is 14.4 Å². The van der Waals surface area contributed by atoms with E-state index in [4.69, 9.17) is 21.1 Å². The van der Waals surface area contributed by atoms with E-state index in [1.54, 1.807) is 32.4 Å². The Balaban J connectivity index is 1.55. The molecule has 2 amide bonds. The molecule has 1 heterocycles. The van der Waals surface area contributed by atoms with E-state index in [1.165, 1.54) is 4.90 Å². The highest BCUT2D eigenvalue weighted by atomic mass is 35.5. The van der Waals surface area contributed by atoms with Crippen LogP contribution in [0.3, 0.4) is 0 Å². The van der Waals surface area contributed by atoms with Gasteiger partial charge in [-0.05, 0) is 82.3 Å². The molecule has 4 atom stereocenters. The van der Waals surface area contributed by atoms with E-state index in [0.29, 0.717) is 44.5 Å². The molecule has 2 bridgehead atoms. The standard InChI is InChI=1S/C42H32ClNO5/c1-25-14-19-30(43)24-33(25)44-38(45)36-37(39(44)46)42(29-12-8-5-9-13-29)35(27-17-22-32(49-3)23-18-27)34(26-15-20-31(48-2)21-16-26)41(36,40(42)47)28-10-6-4-7-11-28/h4-24,36-37H,1-3H3. The molecule has 6 nitrogen and oxygen atoms in total. The summed E-state index contributed by atoms with van der Waals surface area (Å²) in [6, 6.07) is 39.3. The number of benzene rings is 5. The van der Waals surface area contributed by atoms with E-state index in [0.717, 1.165) is 16.7 Å². The molecule has 0 N–H and O–H groups in total. The number of aryl methyl sites for hydroxylation is 1. The third-order valence-electron chi connectivity index (χ3n) is 10.6. The van der Waals surface area contributed by atoms with Gasteiger partial charge in [0.25, 0.3) is 0 Å². The Morgan fingerprint density at radius 3 is 1.43 bits per heavy atom. The summed E-state index contributed by atoms with van der Waals surface area (Å²) in [4.78, 5) is 47.7. The van der Waals surface area contributed by atoms with Gasteiger partial charge in [0.15, 0.2) is 5.78 Å². The molecule has 5 aromatic rings. The number of nitrogens with zero attached hydrogens (tertiary/aromatic N) is 1. The van der Waals surface area contributed by atoms with Crippen molar-refractivity contribution in [3.63, 3.8) is 0 Å². The second-order valence-electron chi connectivity index (χ2n) is 12.8. The van der Waals surface area contributed by atoms with Crippen LogP contribution in [0.4, 0.5) is 5.69 Å². The van der Waals surface area contributed by atoms with Crippen LogP contribution in [0.2, 0.25) is 5.02 Å². The van der Waals surface area contributed by atoms with Gasteiger partial charge in [0.2, 0.25) is 11.8 Å². The second-order valence-corrected chi connectivity index (χ2v) is 13.2. The molecule has 0 radical (unpaired) electrons. The van der Waals surface area contributed by atoms with Gasteiger partial charge in [0.1, 0.15) is 11.5 Å². The van der Waals surface area contributed by atoms with E-state index < -0.39 is 34.5 Å². The maximum Gasteiger partial charge on any atom is 0.239 e. The number of imide groups is 1. The highest BCUT2D eigenvalue weighted by Gasteiger charge is 2.82. The predicted octanol–water partition coefficient (Wildman–Crippen LogP) is 7.85. The molecule has 0 spiro atoms. The minimum atomic E-state index is -1.51. The Hall–Kier alpha value is -5.46. The number of hydrogen-bond donors (Lipinski definition) is 0. The highest BCUT2D eigenvalue weighted by Crippen LogP contribution is 2.74.